The summed E-state index contributed by atoms with van der Waals surface area (Å²) in [5.74, 6) is 4.50. The van der Waals surface area contributed by atoms with Crippen LogP contribution in [-0.2, 0) is 4.57 Å². The topological polar surface area (TPSA) is 38.3 Å². The van der Waals surface area contributed by atoms with Gasteiger partial charge in [-0.25, -0.2) is 0 Å². The minimum atomic E-state index is -2.94. The van der Waals surface area contributed by atoms with E-state index in [9.17, 15) is 4.57 Å². The number of thioether (sulfide) groups is 1. The predicted molar refractivity (Wildman–Crippen MR) is 121 cm³/mol. The summed E-state index contributed by atoms with van der Waals surface area (Å²) in [6.45, 7) is 0. The Hall–Kier alpha value is -2.68. The zero-order chi connectivity index (χ0) is 19.4. The predicted octanol–water partition coefficient (Wildman–Crippen LogP) is 7.13. The van der Waals surface area contributed by atoms with E-state index in [0.29, 0.717) is 0 Å². The van der Waals surface area contributed by atoms with Gasteiger partial charge in [0.1, 0.15) is 5.75 Å². The lowest BCUT2D eigenvalue weighted by molar-refractivity contribution is 0.415. The summed E-state index contributed by atoms with van der Waals surface area (Å²) in [5, 5.41) is 3.24. The van der Waals surface area contributed by atoms with Gasteiger partial charge in [-0.15, -0.1) is 0 Å². The Balaban J connectivity index is 1.74. The van der Waals surface area contributed by atoms with E-state index in [0.717, 1.165) is 32.4 Å². The molecule has 3 aromatic carbocycles. The van der Waals surface area contributed by atoms with Crippen LogP contribution in [0.3, 0.4) is 0 Å². The molecule has 0 unspecified atom stereocenters. The summed E-state index contributed by atoms with van der Waals surface area (Å²) in [6, 6.07) is 27.6. The van der Waals surface area contributed by atoms with E-state index in [-0.39, 0.29) is 0 Å². The van der Waals surface area contributed by atoms with E-state index in [1.54, 1.807) is 18.9 Å². The molecule has 1 heterocycles. The van der Waals surface area contributed by atoms with Crippen molar-refractivity contribution in [2.75, 3.05) is 12.2 Å². The summed E-state index contributed by atoms with van der Waals surface area (Å²) in [5.41, 5.74) is 2.92. The van der Waals surface area contributed by atoms with Crippen molar-refractivity contribution >= 4 is 34.6 Å². The average molecular weight is 405 g/mol. The quantitative estimate of drug-likeness (QED) is 0.458. The van der Waals surface area contributed by atoms with Crippen molar-refractivity contribution in [1.82, 2.24) is 0 Å². The standard InChI is InChI=1S/C23H20NO2PS/c1-26-21-14-12-20(13-15-21)24-27(25)16-22(18-8-4-2-5-9-18)28-23(17-27)19-10-6-3-7-11-19/h2-17H,1H3,(H,24,25). The number of methoxy groups -OCH3 is 1. The highest BCUT2D eigenvalue weighted by Gasteiger charge is 2.26. The van der Waals surface area contributed by atoms with Gasteiger partial charge in [0, 0.05) is 27.1 Å². The monoisotopic (exact) mass is 405 g/mol. The SMILES string of the molecule is COc1ccc(NP2(=O)C=C(c3ccccc3)SC(c3ccccc3)=C2)cc1. The molecule has 0 radical (unpaired) electrons. The molecule has 0 aromatic heterocycles. The third-order valence-electron chi connectivity index (χ3n) is 4.35. The smallest absolute Gasteiger partial charge is 0.215 e. The van der Waals surface area contributed by atoms with Gasteiger partial charge in [-0.2, -0.15) is 0 Å². The highest BCUT2D eigenvalue weighted by Crippen LogP contribution is 2.60. The molecule has 0 saturated carbocycles. The van der Waals surface area contributed by atoms with Gasteiger partial charge in [0.15, 0.2) is 0 Å². The summed E-state index contributed by atoms with van der Waals surface area (Å²) in [6.07, 6.45) is 0. The maximum Gasteiger partial charge on any atom is 0.215 e. The molecule has 0 aliphatic carbocycles. The van der Waals surface area contributed by atoms with Crippen molar-refractivity contribution in [3.05, 3.63) is 108 Å². The number of nitrogens with one attached hydrogen (secondary N) is 1. The second kappa shape index (κ2) is 8.14. The molecule has 5 heteroatoms. The van der Waals surface area contributed by atoms with Crippen LogP contribution >= 0.6 is 19.1 Å². The zero-order valence-corrected chi connectivity index (χ0v) is 17.1. The summed E-state index contributed by atoms with van der Waals surface area (Å²) in [4.78, 5) is 1.98. The molecule has 1 N–H and O–H groups in total. The maximum absolute atomic E-state index is 13.8. The van der Waals surface area contributed by atoms with Gasteiger partial charge in [0.2, 0.25) is 7.29 Å². The van der Waals surface area contributed by atoms with Gasteiger partial charge < -0.3 is 9.82 Å². The van der Waals surface area contributed by atoms with Crippen LogP contribution in [0.2, 0.25) is 0 Å². The second-order valence-electron chi connectivity index (χ2n) is 6.37. The van der Waals surface area contributed by atoms with E-state index in [2.05, 4.69) is 5.09 Å². The number of hydrogen-bond acceptors (Lipinski definition) is 3. The van der Waals surface area contributed by atoms with Crippen LogP contribution in [0.4, 0.5) is 5.69 Å². The van der Waals surface area contributed by atoms with Gasteiger partial charge in [0.25, 0.3) is 0 Å². The highest BCUT2D eigenvalue weighted by molar-refractivity contribution is 8.17. The minimum Gasteiger partial charge on any atom is -0.497 e. The molecule has 0 bridgehead atoms. The van der Waals surface area contributed by atoms with Crippen LogP contribution in [0, 0.1) is 0 Å². The van der Waals surface area contributed by atoms with Crippen molar-refractivity contribution in [3.8, 4) is 5.75 Å². The highest BCUT2D eigenvalue weighted by atomic mass is 32.2. The van der Waals surface area contributed by atoms with Crippen LogP contribution < -0.4 is 9.82 Å². The van der Waals surface area contributed by atoms with E-state index >= 15 is 0 Å². The number of hydrogen-bond donors (Lipinski definition) is 1. The molecular formula is C23H20NO2PS. The van der Waals surface area contributed by atoms with Crippen LogP contribution in [0.25, 0.3) is 9.81 Å². The van der Waals surface area contributed by atoms with E-state index < -0.39 is 7.29 Å². The van der Waals surface area contributed by atoms with Gasteiger partial charge in [-0.3, -0.25) is 4.57 Å². The number of rotatable bonds is 5. The molecule has 0 amide bonds. The van der Waals surface area contributed by atoms with Crippen molar-refractivity contribution in [1.29, 1.82) is 0 Å². The lowest BCUT2D eigenvalue weighted by atomic mass is 10.2. The van der Waals surface area contributed by atoms with Gasteiger partial charge in [-0.05, 0) is 35.4 Å². The largest absolute Gasteiger partial charge is 0.497 e. The Bertz CT molecular complexity index is 1000. The van der Waals surface area contributed by atoms with Crippen LogP contribution in [0.1, 0.15) is 11.1 Å². The number of benzene rings is 3. The fraction of sp³-hybridized carbons (Fsp3) is 0.0435. The van der Waals surface area contributed by atoms with Crippen molar-refractivity contribution in [2.24, 2.45) is 0 Å². The van der Waals surface area contributed by atoms with Crippen molar-refractivity contribution in [2.45, 2.75) is 0 Å². The lowest BCUT2D eigenvalue weighted by Gasteiger charge is -2.23. The van der Waals surface area contributed by atoms with Gasteiger partial charge in [0.05, 0.1) is 7.11 Å². The minimum absolute atomic E-state index is 0.768. The van der Waals surface area contributed by atoms with Crippen molar-refractivity contribution in [3.63, 3.8) is 0 Å². The first-order valence-corrected chi connectivity index (χ1v) is 11.6. The maximum atomic E-state index is 13.8. The van der Waals surface area contributed by atoms with E-state index in [4.69, 9.17) is 4.74 Å². The first-order chi connectivity index (χ1) is 13.6. The Morgan fingerprint density at radius 3 is 1.71 bits per heavy atom. The molecule has 4 rings (SSSR count). The van der Waals surface area contributed by atoms with Gasteiger partial charge >= 0.3 is 0 Å². The molecule has 3 aromatic rings. The van der Waals surface area contributed by atoms with Crippen LogP contribution in [0.15, 0.2) is 96.6 Å². The third kappa shape index (κ3) is 4.24. The fourth-order valence-corrected chi connectivity index (χ4v) is 6.82. The van der Waals surface area contributed by atoms with Gasteiger partial charge in [-0.1, -0.05) is 72.4 Å². The molecule has 1 aliphatic heterocycles. The normalized spacial score (nSPS) is 15.3. The molecule has 28 heavy (non-hydrogen) atoms. The second-order valence-corrected chi connectivity index (χ2v) is 9.61. The molecule has 0 spiro atoms. The fourth-order valence-electron chi connectivity index (χ4n) is 2.96. The van der Waals surface area contributed by atoms with E-state index in [1.165, 1.54) is 0 Å². The van der Waals surface area contributed by atoms with Crippen LogP contribution in [-0.4, -0.2) is 7.11 Å². The molecular weight excluding hydrogens is 385 g/mol. The van der Waals surface area contributed by atoms with E-state index in [1.807, 2.05) is 96.6 Å². The molecule has 140 valence electrons. The Morgan fingerprint density at radius 2 is 1.25 bits per heavy atom. The Morgan fingerprint density at radius 1 is 0.750 bits per heavy atom. The first-order valence-electron chi connectivity index (χ1n) is 8.91. The first kappa shape index (κ1) is 18.7. The van der Waals surface area contributed by atoms with Crippen molar-refractivity contribution < 1.29 is 9.30 Å². The number of anilines is 1. The molecule has 0 atom stereocenters. The van der Waals surface area contributed by atoms with Crippen LogP contribution in [0.5, 0.6) is 5.75 Å². The lowest BCUT2D eigenvalue weighted by Crippen LogP contribution is -1.98. The molecule has 1 aliphatic rings. The Labute approximate surface area is 169 Å². The summed E-state index contributed by atoms with van der Waals surface area (Å²) >= 11 is 1.65. The number of ether oxygens (including phenoxy) is 1. The summed E-state index contributed by atoms with van der Waals surface area (Å²) < 4.78 is 19.0. The third-order valence-corrected chi connectivity index (χ3v) is 7.74. The summed E-state index contributed by atoms with van der Waals surface area (Å²) in [7, 11) is -1.31. The zero-order valence-electron chi connectivity index (χ0n) is 15.4. The molecule has 0 fully saturated rings. The average Bonchev–Trinajstić information content (AvgIpc) is 2.75. The molecule has 0 saturated heterocycles. The Kier molecular flexibility index (Phi) is 5.43. The molecule has 3 nitrogen and oxygen atoms in total.